The van der Waals surface area contributed by atoms with Crippen molar-refractivity contribution in [3.05, 3.63) is 66.0 Å². The fourth-order valence-corrected chi connectivity index (χ4v) is 3.22. The Labute approximate surface area is 147 Å². The molecule has 0 aliphatic carbocycles. The van der Waals surface area contributed by atoms with E-state index in [-0.39, 0.29) is 0 Å². The highest BCUT2D eigenvalue weighted by Gasteiger charge is 2.18. The summed E-state index contributed by atoms with van der Waals surface area (Å²) in [5, 5.41) is 3.37. The fourth-order valence-electron chi connectivity index (χ4n) is 3.22. The summed E-state index contributed by atoms with van der Waals surface area (Å²) in [4.78, 5) is 15.9. The van der Waals surface area contributed by atoms with Crippen molar-refractivity contribution in [1.82, 2.24) is 19.5 Å². The Balaban J connectivity index is 1.46. The predicted molar refractivity (Wildman–Crippen MR) is 98.7 cm³/mol. The zero-order chi connectivity index (χ0) is 17.1. The molecule has 0 aromatic carbocycles. The molecule has 0 bridgehead atoms. The fraction of sp³-hybridized carbons (Fsp3) is 0.316. The molecule has 1 N–H and O–H groups in total. The smallest absolute Gasteiger partial charge is 0.128 e. The summed E-state index contributed by atoms with van der Waals surface area (Å²) in [5.74, 6) is 3.09. The van der Waals surface area contributed by atoms with Crippen molar-refractivity contribution < 1.29 is 0 Å². The molecule has 0 radical (unpaired) electrons. The molecule has 25 heavy (non-hydrogen) atoms. The van der Waals surface area contributed by atoms with Crippen molar-refractivity contribution >= 4 is 11.6 Å². The summed E-state index contributed by atoms with van der Waals surface area (Å²) in [6.07, 6.45) is 4.71. The van der Waals surface area contributed by atoms with Gasteiger partial charge in [0.2, 0.25) is 0 Å². The van der Waals surface area contributed by atoms with Crippen molar-refractivity contribution in [1.29, 1.82) is 0 Å². The minimum absolute atomic E-state index is 0.729. The summed E-state index contributed by atoms with van der Waals surface area (Å²) in [6, 6.07) is 12.1. The number of hydrogen-bond donors (Lipinski definition) is 1. The second kappa shape index (κ2) is 6.93. The summed E-state index contributed by atoms with van der Waals surface area (Å²) >= 11 is 0. The van der Waals surface area contributed by atoms with Gasteiger partial charge in [0.25, 0.3) is 0 Å². The molecule has 0 fully saturated rings. The van der Waals surface area contributed by atoms with Gasteiger partial charge in [-0.3, -0.25) is 0 Å². The van der Waals surface area contributed by atoms with Crippen LogP contribution in [0, 0.1) is 6.92 Å². The predicted octanol–water partition coefficient (Wildman–Crippen LogP) is 2.66. The third-order valence-corrected chi connectivity index (χ3v) is 4.53. The van der Waals surface area contributed by atoms with Gasteiger partial charge in [-0.1, -0.05) is 12.1 Å². The van der Waals surface area contributed by atoms with Crippen molar-refractivity contribution in [3.63, 3.8) is 0 Å². The van der Waals surface area contributed by atoms with Crippen molar-refractivity contribution in [2.75, 3.05) is 23.3 Å². The van der Waals surface area contributed by atoms with Crippen LogP contribution >= 0.6 is 0 Å². The highest BCUT2D eigenvalue weighted by Crippen LogP contribution is 2.17. The molecule has 0 saturated heterocycles. The van der Waals surface area contributed by atoms with Crippen LogP contribution in [-0.4, -0.2) is 32.6 Å². The number of rotatable bonds is 4. The van der Waals surface area contributed by atoms with E-state index >= 15 is 0 Å². The second-order valence-corrected chi connectivity index (χ2v) is 6.26. The minimum atomic E-state index is 0.729. The van der Waals surface area contributed by atoms with E-state index in [9.17, 15) is 0 Å². The number of aromatic nitrogens is 4. The van der Waals surface area contributed by atoms with E-state index in [0.29, 0.717) is 0 Å². The van der Waals surface area contributed by atoms with E-state index in [1.54, 1.807) is 6.20 Å². The first kappa shape index (κ1) is 15.6. The summed E-state index contributed by atoms with van der Waals surface area (Å²) in [5.41, 5.74) is 2.25. The first-order chi connectivity index (χ1) is 12.3. The maximum atomic E-state index is 4.66. The van der Waals surface area contributed by atoms with Gasteiger partial charge in [-0.25, -0.2) is 15.0 Å². The molecule has 4 rings (SSSR count). The van der Waals surface area contributed by atoms with Gasteiger partial charge < -0.3 is 14.8 Å². The lowest BCUT2D eigenvalue weighted by Gasteiger charge is -2.21. The molecule has 6 heteroatoms. The summed E-state index contributed by atoms with van der Waals surface area (Å²) in [7, 11) is 0. The molecular formula is C19H22N6. The Kier molecular flexibility index (Phi) is 4.33. The van der Waals surface area contributed by atoms with Crippen molar-refractivity contribution in [3.8, 4) is 0 Å². The van der Waals surface area contributed by atoms with E-state index in [1.807, 2.05) is 37.4 Å². The van der Waals surface area contributed by atoms with Crippen LogP contribution in [0.3, 0.4) is 0 Å². The lowest BCUT2D eigenvalue weighted by atomic mass is 10.3. The quantitative estimate of drug-likeness (QED) is 0.795. The number of fused-ring (bicyclic) bond motifs is 1. The van der Waals surface area contributed by atoms with Crippen LogP contribution in [0.2, 0.25) is 0 Å². The average molecular weight is 334 g/mol. The third kappa shape index (κ3) is 3.47. The van der Waals surface area contributed by atoms with E-state index in [4.69, 9.17) is 0 Å². The van der Waals surface area contributed by atoms with E-state index < -0.39 is 0 Å². The topological polar surface area (TPSA) is 58.9 Å². The van der Waals surface area contributed by atoms with Crippen LogP contribution in [0.1, 0.15) is 17.2 Å². The molecular weight excluding hydrogens is 312 g/mol. The molecule has 6 nitrogen and oxygen atoms in total. The summed E-state index contributed by atoms with van der Waals surface area (Å²) < 4.78 is 2.33. The Morgan fingerprint density at radius 3 is 2.84 bits per heavy atom. The number of imidazole rings is 1. The molecule has 4 heterocycles. The first-order valence-corrected chi connectivity index (χ1v) is 8.66. The molecule has 0 amide bonds. The van der Waals surface area contributed by atoms with Crippen LogP contribution in [0.5, 0.6) is 0 Å². The number of nitrogens with zero attached hydrogens (tertiary/aromatic N) is 5. The molecule has 1 aliphatic heterocycles. The maximum absolute atomic E-state index is 4.66. The van der Waals surface area contributed by atoms with Crippen LogP contribution < -0.4 is 10.2 Å². The van der Waals surface area contributed by atoms with Crippen molar-refractivity contribution in [2.45, 2.75) is 26.4 Å². The lowest BCUT2D eigenvalue weighted by Crippen LogP contribution is -2.27. The number of hydrogen-bond acceptors (Lipinski definition) is 5. The Morgan fingerprint density at radius 1 is 1.04 bits per heavy atom. The second-order valence-electron chi connectivity index (χ2n) is 6.26. The number of pyridine rings is 2. The van der Waals surface area contributed by atoms with Crippen LogP contribution in [0.25, 0.3) is 0 Å². The molecule has 0 saturated carbocycles. The first-order valence-electron chi connectivity index (χ1n) is 8.66. The van der Waals surface area contributed by atoms with Crippen LogP contribution in [0.15, 0.2) is 48.8 Å². The Hall–Kier alpha value is -2.89. The van der Waals surface area contributed by atoms with Crippen LogP contribution in [0.4, 0.5) is 11.6 Å². The van der Waals surface area contributed by atoms with Gasteiger partial charge in [-0.15, -0.1) is 0 Å². The highest BCUT2D eigenvalue weighted by atomic mass is 15.2. The van der Waals surface area contributed by atoms with Gasteiger partial charge in [-0.2, -0.15) is 0 Å². The van der Waals surface area contributed by atoms with Gasteiger partial charge in [0.05, 0.1) is 18.4 Å². The van der Waals surface area contributed by atoms with Gasteiger partial charge in [0, 0.05) is 37.9 Å². The van der Waals surface area contributed by atoms with Gasteiger partial charge in [-0.05, 0) is 31.2 Å². The number of aryl methyl sites for hydroxylation is 1. The molecule has 1 aliphatic rings. The molecule has 3 aromatic rings. The zero-order valence-corrected chi connectivity index (χ0v) is 14.4. The molecule has 128 valence electrons. The van der Waals surface area contributed by atoms with Gasteiger partial charge >= 0.3 is 0 Å². The standard InChI is InChI=1S/C19H22N6/c1-15-5-4-7-19(23-15)24-10-8-18-22-14-16(25(18)12-11-24)13-21-17-6-2-3-9-20-17/h2-7,9,14H,8,10-13H2,1H3,(H,20,21). The van der Waals surface area contributed by atoms with E-state index in [0.717, 1.165) is 55.8 Å². The monoisotopic (exact) mass is 334 g/mol. The largest absolute Gasteiger partial charge is 0.364 e. The lowest BCUT2D eigenvalue weighted by molar-refractivity contribution is 0.658. The van der Waals surface area contributed by atoms with E-state index in [2.05, 4.69) is 41.9 Å². The number of nitrogens with one attached hydrogen (secondary N) is 1. The molecule has 0 unspecified atom stereocenters. The van der Waals surface area contributed by atoms with Gasteiger partial charge in [0.15, 0.2) is 0 Å². The number of anilines is 2. The highest BCUT2D eigenvalue weighted by molar-refractivity contribution is 5.40. The maximum Gasteiger partial charge on any atom is 0.128 e. The summed E-state index contributed by atoms with van der Waals surface area (Å²) in [6.45, 7) is 5.57. The third-order valence-electron chi connectivity index (χ3n) is 4.53. The minimum Gasteiger partial charge on any atom is -0.364 e. The van der Waals surface area contributed by atoms with Gasteiger partial charge in [0.1, 0.15) is 17.5 Å². The molecule has 3 aromatic heterocycles. The van der Waals surface area contributed by atoms with Crippen molar-refractivity contribution in [2.24, 2.45) is 0 Å². The Morgan fingerprint density at radius 2 is 2.00 bits per heavy atom. The SMILES string of the molecule is Cc1cccc(N2CCc3ncc(CNc4ccccn4)n3CC2)n1. The zero-order valence-electron chi connectivity index (χ0n) is 14.4. The molecule has 0 spiro atoms. The normalized spacial score (nSPS) is 14.0. The average Bonchev–Trinajstić information content (AvgIpc) is 2.90. The van der Waals surface area contributed by atoms with E-state index in [1.165, 1.54) is 5.69 Å². The Bertz CT molecular complexity index is 842. The molecule has 0 atom stereocenters. The van der Waals surface area contributed by atoms with Crippen LogP contribution in [-0.2, 0) is 19.5 Å².